The standard InChI is InChI=1S/C14H26O2/c1-10(2)8-14(16)9-11(3)12-4-6-13(15)7-5-12/h4,6,10-16H,5,7-9H2,1-3H3/t11-,12-,13+,14-/m0/s1. The second-order valence-electron chi connectivity index (χ2n) is 5.69. The molecule has 1 aliphatic carbocycles. The molecule has 2 nitrogen and oxygen atoms in total. The monoisotopic (exact) mass is 226 g/mol. The predicted molar refractivity (Wildman–Crippen MR) is 67.1 cm³/mol. The van der Waals surface area contributed by atoms with E-state index in [2.05, 4.69) is 26.8 Å². The summed E-state index contributed by atoms with van der Waals surface area (Å²) >= 11 is 0. The SMILES string of the molecule is CC(C)C[C@H](O)C[C@H](C)[C@H]1C=C[C@@H](O)CC1. The third-order valence-corrected chi connectivity index (χ3v) is 3.49. The van der Waals surface area contributed by atoms with Crippen LogP contribution in [0.2, 0.25) is 0 Å². The predicted octanol–water partition coefficient (Wildman–Crippen LogP) is 2.75. The first-order valence-corrected chi connectivity index (χ1v) is 6.53. The Morgan fingerprint density at radius 1 is 1.12 bits per heavy atom. The quantitative estimate of drug-likeness (QED) is 0.708. The lowest BCUT2D eigenvalue weighted by atomic mass is 9.81. The van der Waals surface area contributed by atoms with Crippen molar-refractivity contribution < 1.29 is 10.2 Å². The first-order valence-electron chi connectivity index (χ1n) is 6.53. The molecule has 94 valence electrons. The zero-order chi connectivity index (χ0) is 12.1. The zero-order valence-electron chi connectivity index (χ0n) is 10.8. The van der Waals surface area contributed by atoms with Gasteiger partial charge in [-0.15, -0.1) is 0 Å². The average molecular weight is 226 g/mol. The second kappa shape index (κ2) is 6.41. The Kier molecular flexibility index (Phi) is 5.50. The van der Waals surface area contributed by atoms with Crippen LogP contribution < -0.4 is 0 Å². The summed E-state index contributed by atoms with van der Waals surface area (Å²) < 4.78 is 0. The maximum atomic E-state index is 9.90. The molecule has 2 N–H and O–H groups in total. The van der Waals surface area contributed by atoms with E-state index in [1.54, 1.807) is 0 Å². The van der Waals surface area contributed by atoms with Crippen LogP contribution in [0.25, 0.3) is 0 Å². The number of aliphatic hydroxyl groups excluding tert-OH is 2. The lowest BCUT2D eigenvalue weighted by Gasteiger charge is -2.27. The lowest BCUT2D eigenvalue weighted by molar-refractivity contribution is 0.108. The molecule has 0 aromatic rings. The highest BCUT2D eigenvalue weighted by Gasteiger charge is 2.22. The van der Waals surface area contributed by atoms with Gasteiger partial charge in [0, 0.05) is 0 Å². The molecule has 16 heavy (non-hydrogen) atoms. The summed E-state index contributed by atoms with van der Waals surface area (Å²) in [5.41, 5.74) is 0. The summed E-state index contributed by atoms with van der Waals surface area (Å²) in [6.07, 6.45) is 7.30. The van der Waals surface area contributed by atoms with Gasteiger partial charge in [0.1, 0.15) is 0 Å². The smallest absolute Gasteiger partial charge is 0.0721 e. The molecule has 0 aromatic carbocycles. The minimum atomic E-state index is -0.246. The van der Waals surface area contributed by atoms with Crippen LogP contribution in [0, 0.1) is 17.8 Å². The molecule has 0 heterocycles. The van der Waals surface area contributed by atoms with E-state index in [-0.39, 0.29) is 12.2 Å². The van der Waals surface area contributed by atoms with Gasteiger partial charge in [0.2, 0.25) is 0 Å². The van der Waals surface area contributed by atoms with Crippen LogP contribution in [0.4, 0.5) is 0 Å². The molecular weight excluding hydrogens is 200 g/mol. The van der Waals surface area contributed by atoms with E-state index >= 15 is 0 Å². The number of allylic oxidation sites excluding steroid dienone is 1. The molecule has 0 aliphatic heterocycles. The Hall–Kier alpha value is -0.340. The van der Waals surface area contributed by atoms with Crippen LogP contribution in [-0.2, 0) is 0 Å². The molecule has 0 fully saturated rings. The molecular formula is C14H26O2. The Balaban J connectivity index is 2.34. The average Bonchev–Trinajstić information content (AvgIpc) is 2.16. The number of hydrogen-bond acceptors (Lipinski definition) is 2. The van der Waals surface area contributed by atoms with E-state index in [1.807, 2.05) is 6.08 Å². The van der Waals surface area contributed by atoms with Crippen molar-refractivity contribution >= 4 is 0 Å². The molecule has 0 saturated heterocycles. The van der Waals surface area contributed by atoms with Gasteiger partial charge in [-0.3, -0.25) is 0 Å². The summed E-state index contributed by atoms with van der Waals surface area (Å²) in [6.45, 7) is 6.49. The fraction of sp³-hybridized carbons (Fsp3) is 0.857. The molecule has 0 aromatic heterocycles. The van der Waals surface area contributed by atoms with E-state index in [0.717, 1.165) is 25.7 Å². The highest BCUT2D eigenvalue weighted by atomic mass is 16.3. The van der Waals surface area contributed by atoms with Crippen molar-refractivity contribution in [3.63, 3.8) is 0 Å². The lowest BCUT2D eigenvalue weighted by Crippen LogP contribution is -2.22. The molecule has 0 radical (unpaired) electrons. The van der Waals surface area contributed by atoms with Gasteiger partial charge in [-0.1, -0.05) is 32.9 Å². The molecule has 4 atom stereocenters. The largest absolute Gasteiger partial charge is 0.393 e. The van der Waals surface area contributed by atoms with Gasteiger partial charge < -0.3 is 10.2 Å². The molecule has 1 rings (SSSR count). The number of aliphatic hydroxyl groups is 2. The summed E-state index contributed by atoms with van der Waals surface area (Å²) in [6, 6.07) is 0. The zero-order valence-corrected chi connectivity index (χ0v) is 10.8. The van der Waals surface area contributed by atoms with Gasteiger partial charge >= 0.3 is 0 Å². The molecule has 2 heteroatoms. The van der Waals surface area contributed by atoms with Crippen LogP contribution in [0.3, 0.4) is 0 Å². The molecule has 0 bridgehead atoms. The summed E-state index contributed by atoms with van der Waals surface area (Å²) in [5, 5.41) is 19.3. The van der Waals surface area contributed by atoms with Crippen LogP contribution in [0.1, 0.15) is 46.5 Å². The van der Waals surface area contributed by atoms with Crippen LogP contribution in [0.5, 0.6) is 0 Å². The molecule has 0 saturated carbocycles. The van der Waals surface area contributed by atoms with Gasteiger partial charge in [-0.2, -0.15) is 0 Å². The van der Waals surface area contributed by atoms with Crippen molar-refractivity contribution in [2.24, 2.45) is 17.8 Å². The highest BCUT2D eigenvalue weighted by molar-refractivity contribution is 4.99. The first kappa shape index (κ1) is 13.7. The summed E-state index contributed by atoms with van der Waals surface area (Å²) in [7, 11) is 0. The maximum Gasteiger partial charge on any atom is 0.0721 e. The van der Waals surface area contributed by atoms with Crippen molar-refractivity contribution in [1.82, 2.24) is 0 Å². The van der Waals surface area contributed by atoms with Crippen LogP contribution in [-0.4, -0.2) is 22.4 Å². The Morgan fingerprint density at radius 3 is 2.31 bits per heavy atom. The minimum Gasteiger partial charge on any atom is -0.393 e. The van der Waals surface area contributed by atoms with Gasteiger partial charge in [0.25, 0.3) is 0 Å². The van der Waals surface area contributed by atoms with E-state index in [0.29, 0.717) is 17.8 Å². The van der Waals surface area contributed by atoms with E-state index in [9.17, 15) is 10.2 Å². The first-order chi connectivity index (χ1) is 7.49. The van der Waals surface area contributed by atoms with Gasteiger partial charge in [-0.25, -0.2) is 0 Å². The van der Waals surface area contributed by atoms with Crippen LogP contribution in [0.15, 0.2) is 12.2 Å². The van der Waals surface area contributed by atoms with Gasteiger partial charge in [-0.05, 0) is 43.4 Å². The number of hydrogen-bond donors (Lipinski definition) is 2. The van der Waals surface area contributed by atoms with Crippen molar-refractivity contribution in [2.45, 2.75) is 58.7 Å². The fourth-order valence-electron chi connectivity index (χ4n) is 2.55. The second-order valence-corrected chi connectivity index (χ2v) is 5.69. The van der Waals surface area contributed by atoms with Crippen molar-refractivity contribution in [2.75, 3.05) is 0 Å². The molecule has 0 unspecified atom stereocenters. The van der Waals surface area contributed by atoms with Gasteiger partial charge in [0.15, 0.2) is 0 Å². The summed E-state index contributed by atoms with van der Waals surface area (Å²) in [4.78, 5) is 0. The number of rotatable bonds is 5. The van der Waals surface area contributed by atoms with Gasteiger partial charge in [0.05, 0.1) is 12.2 Å². The topological polar surface area (TPSA) is 40.5 Å². The molecule has 1 aliphatic rings. The highest BCUT2D eigenvalue weighted by Crippen LogP contribution is 2.28. The fourth-order valence-corrected chi connectivity index (χ4v) is 2.55. The third kappa shape index (κ3) is 4.67. The Labute approximate surface area is 99.4 Å². The molecule has 0 amide bonds. The van der Waals surface area contributed by atoms with Crippen molar-refractivity contribution in [3.8, 4) is 0 Å². The Bertz CT molecular complexity index is 223. The van der Waals surface area contributed by atoms with Crippen molar-refractivity contribution in [1.29, 1.82) is 0 Å². The van der Waals surface area contributed by atoms with E-state index in [4.69, 9.17) is 0 Å². The van der Waals surface area contributed by atoms with E-state index < -0.39 is 0 Å². The molecule has 0 spiro atoms. The van der Waals surface area contributed by atoms with Crippen molar-refractivity contribution in [3.05, 3.63) is 12.2 Å². The minimum absolute atomic E-state index is 0.171. The summed E-state index contributed by atoms with van der Waals surface area (Å²) in [5.74, 6) is 1.61. The Morgan fingerprint density at radius 2 is 1.81 bits per heavy atom. The maximum absolute atomic E-state index is 9.90. The normalized spacial score (nSPS) is 29.4. The van der Waals surface area contributed by atoms with E-state index in [1.165, 1.54) is 0 Å². The van der Waals surface area contributed by atoms with Crippen LogP contribution >= 0.6 is 0 Å². The third-order valence-electron chi connectivity index (χ3n) is 3.49.